The summed E-state index contributed by atoms with van der Waals surface area (Å²) in [5.74, 6) is 0.866. The largest absolute Gasteiger partial charge is 0.333 e. The minimum Gasteiger partial charge on any atom is -0.333 e. The second kappa shape index (κ2) is 4.71. The zero-order valence-corrected chi connectivity index (χ0v) is 11.4. The maximum absolute atomic E-state index is 6.11. The molecule has 90 valence electrons. The molecule has 1 aliphatic heterocycles. The van der Waals surface area contributed by atoms with E-state index in [0.29, 0.717) is 15.3 Å². The van der Waals surface area contributed by atoms with Gasteiger partial charge >= 0.3 is 0 Å². The molecule has 1 N–H and O–H groups in total. The molecule has 0 radical (unpaired) electrons. The van der Waals surface area contributed by atoms with Crippen molar-refractivity contribution in [2.45, 2.75) is 18.1 Å². The van der Waals surface area contributed by atoms with Gasteiger partial charge in [-0.2, -0.15) is 0 Å². The summed E-state index contributed by atoms with van der Waals surface area (Å²) in [6.07, 6.45) is 2.71. The number of anilines is 1. The van der Waals surface area contributed by atoms with E-state index in [-0.39, 0.29) is 0 Å². The number of nitrogens with one attached hydrogen (secondary N) is 1. The number of thioether (sulfide) groups is 1. The molecule has 3 rings (SSSR count). The maximum Gasteiger partial charge on any atom is 0.161 e. The Bertz CT molecular complexity index is 451. The Balaban J connectivity index is 1.71. The summed E-state index contributed by atoms with van der Waals surface area (Å²) < 4.78 is 0. The highest BCUT2D eigenvalue weighted by Gasteiger charge is 2.35. The lowest BCUT2D eigenvalue weighted by molar-refractivity contribution is 0.773. The number of benzene rings is 1. The van der Waals surface area contributed by atoms with Gasteiger partial charge in [-0.05, 0) is 30.9 Å². The molecule has 1 aromatic rings. The number of rotatable bonds is 2. The summed E-state index contributed by atoms with van der Waals surface area (Å²) in [6, 6.07) is 5.50. The first-order valence-electron chi connectivity index (χ1n) is 5.66. The van der Waals surface area contributed by atoms with Crippen LogP contribution in [0.15, 0.2) is 23.2 Å². The quantitative estimate of drug-likeness (QED) is 0.877. The highest BCUT2D eigenvalue weighted by atomic mass is 35.5. The number of para-hydroxylation sites is 1. The topological polar surface area (TPSA) is 24.4 Å². The molecule has 17 heavy (non-hydrogen) atoms. The molecule has 5 heteroatoms. The van der Waals surface area contributed by atoms with E-state index in [1.807, 2.05) is 30.0 Å². The van der Waals surface area contributed by atoms with E-state index in [1.165, 1.54) is 12.8 Å². The molecule has 1 fully saturated rings. The van der Waals surface area contributed by atoms with Crippen molar-refractivity contribution in [3.63, 3.8) is 0 Å². The number of hydrogen-bond acceptors (Lipinski definition) is 3. The van der Waals surface area contributed by atoms with E-state index in [0.717, 1.165) is 23.3 Å². The molecule has 0 amide bonds. The van der Waals surface area contributed by atoms with Gasteiger partial charge in [0, 0.05) is 5.25 Å². The fourth-order valence-corrected chi connectivity index (χ4v) is 3.60. The SMILES string of the molecule is Clc1cccc(Cl)c1NC1=NCC(C2CC2)S1. The Labute approximate surface area is 115 Å². The second-order valence-electron chi connectivity index (χ2n) is 4.36. The van der Waals surface area contributed by atoms with Crippen molar-refractivity contribution in [3.8, 4) is 0 Å². The zero-order valence-electron chi connectivity index (χ0n) is 9.12. The molecule has 0 bridgehead atoms. The normalized spacial score (nSPS) is 23.6. The van der Waals surface area contributed by atoms with Crippen molar-refractivity contribution in [2.75, 3.05) is 11.9 Å². The average molecular weight is 287 g/mol. The third-order valence-electron chi connectivity index (χ3n) is 3.02. The van der Waals surface area contributed by atoms with Crippen molar-refractivity contribution >= 4 is 45.8 Å². The molecule has 1 aliphatic carbocycles. The van der Waals surface area contributed by atoms with Crippen LogP contribution >= 0.6 is 35.0 Å². The molecule has 2 aliphatic rings. The van der Waals surface area contributed by atoms with E-state index in [4.69, 9.17) is 23.2 Å². The van der Waals surface area contributed by atoms with E-state index in [9.17, 15) is 0 Å². The van der Waals surface area contributed by atoms with Gasteiger partial charge in [0.1, 0.15) is 0 Å². The molecule has 2 nitrogen and oxygen atoms in total. The highest BCUT2D eigenvalue weighted by Crippen LogP contribution is 2.42. The van der Waals surface area contributed by atoms with E-state index >= 15 is 0 Å². The van der Waals surface area contributed by atoms with Crippen molar-refractivity contribution in [2.24, 2.45) is 10.9 Å². The molecule has 1 aromatic carbocycles. The Kier molecular flexibility index (Phi) is 3.24. The lowest BCUT2D eigenvalue weighted by Crippen LogP contribution is -2.09. The lowest BCUT2D eigenvalue weighted by atomic mass is 10.3. The average Bonchev–Trinajstić information content (AvgIpc) is 3.05. The third-order valence-corrected chi connectivity index (χ3v) is 4.94. The summed E-state index contributed by atoms with van der Waals surface area (Å²) in [4.78, 5) is 4.51. The summed E-state index contributed by atoms with van der Waals surface area (Å²) in [5, 5.41) is 6.10. The van der Waals surface area contributed by atoms with Gasteiger partial charge in [0.2, 0.25) is 0 Å². The number of halogens is 2. The van der Waals surface area contributed by atoms with Gasteiger partial charge in [-0.15, -0.1) is 0 Å². The van der Waals surface area contributed by atoms with Crippen LogP contribution in [0.2, 0.25) is 10.0 Å². The van der Waals surface area contributed by atoms with Gasteiger partial charge in [0.15, 0.2) is 5.17 Å². The molecular formula is C12H12Cl2N2S. The van der Waals surface area contributed by atoms with Crippen molar-refractivity contribution in [1.29, 1.82) is 0 Å². The molecule has 1 heterocycles. The number of amidine groups is 1. The van der Waals surface area contributed by atoms with Gasteiger partial charge in [-0.3, -0.25) is 4.99 Å². The van der Waals surface area contributed by atoms with Crippen molar-refractivity contribution in [3.05, 3.63) is 28.2 Å². The Morgan fingerprint density at radius 1 is 1.24 bits per heavy atom. The van der Waals surface area contributed by atoms with E-state index in [2.05, 4.69) is 10.3 Å². The van der Waals surface area contributed by atoms with Crippen LogP contribution in [0.5, 0.6) is 0 Å². The van der Waals surface area contributed by atoms with Gasteiger partial charge < -0.3 is 5.32 Å². The van der Waals surface area contributed by atoms with Crippen LogP contribution in [0, 0.1) is 5.92 Å². The van der Waals surface area contributed by atoms with Crippen LogP contribution in [0.4, 0.5) is 5.69 Å². The molecule has 0 saturated heterocycles. The third kappa shape index (κ3) is 2.56. The zero-order chi connectivity index (χ0) is 11.8. The Hall–Kier alpha value is -0.380. The maximum atomic E-state index is 6.11. The molecule has 1 saturated carbocycles. The van der Waals surface area contributed by atoms with E-state index in [1.54, 1.807) is 0 Å². The standard InChI is InChI=1S/C12H12Cl2N2S/c13-8-2-1-3-9(14)11(8)16-12-15-6-10(17-12)7-4-5-7/h1-3,7,10H,4-6H2,(H,15,16). The van der Waals surface area contributed by atoms with Crippen LogP contribution in [0.1, 0.15) is 12.8 Å². The minimum atomic E-state index is 0.635. The summed E-state index contributed by atoms with van der Waals surface area (Å²) in [5.41, 5.74) is 0.763. The minimum absolute atomic E-state index is 0.635. The Morgan fingerprint density at radius 2 is 1.94 bits per heavy atom. The van der Waals surface area contributed by atoms with Crippen molar-refractivity contribution < 1.29 is 0 Å². The number of hydrogen-bond donors (Lipinski definition) is 1. The fraction of sp³-hybridized carbons (Fsp3) is 0.417. The predicted molar refractivity (Wildman–Crippen MR) is 76.5 cm³/mol. The van der Waals surface area contributed by atoms with Crippen LogP contribution in [0.25, 0.3) is 0 Å². The van der Waals surface area contributed by atoms with Crippen LogP contribution in [0.3, 0.4) is 0 Å². The Morgan fingerprint density at radius 3 is 2.59 bits per heavy atom. The molecule has 0 spiro atoms. The summed E-state index contributed by atoms with van der Waals surface area (Å²) >= 11 is 14.0. The van der Waals surface area contributed by atoms with E-state index < -0.39 is 0 Å². The number of nitrogens with zero attached hydrogens (tertiary/aromatic N) is 1. The van der Waals surface area contributed by atoms with Gasteiger partial charge in [-0.1, -0.05) is 41.0 Å². The highest BCUT2D eigenvalue weighted by molar-refractivity contribution is 8.15. The summed E-state index contributed by atoms with van der Waals surface area (Å²) in [6.45, 7) is 0.916. The first-order valence-corrected chi connectivity index (χ1v) is 7.30. The predicted octanol–water partition coefficient (Wildman–Crippen LogP) is 4.29. The molecule has 1 atom stereocenters. The first kappa shape index (κ1) is 11.7. The lowest BCUT2D eigenvalue weighted by Gasteiger charge is -2.10. The first-order chi connectivity index (χ1) is 8.24. The van der Waals surface area contributed by atoms with Gasteiger partial charge in [0.05, 0.1) is 22.3 Å². The van der Waals surface area contributed by atoms with Crippen LogP contribution in [-0.2, 0) is 0 Å². The van der Waals surface area contributed by atoms with Crippen LogP contribution in [-0.4, -0.2) is 17.0 Å². The van der Waals surface area contributed by atoms with Crippen molar-refractivity contribution in [1.82, 2.24) is 0 Å². The monoisotopic (exact) mass is 286 g/mol. The van der Waals surface area contributed by atoms with Crippen LogP contribution < -0.4 is 5.32 Å². The van der Waals surface area contributed by atoms with Gasteiger partial charge in [0.25, 0.3) is 0 Å². The molecular weight excluding hydrogens is 275 g/mol. The smallest absolute Gasteiger partial charge is 0.161 e. The molecule has 0 aromatic heterocycles. The second-order valence-corrected chi connectivity index (χ2v) is 6.40. The fourth-order valence-electron chi connectivity index (χ4n) is 1.90. The molecule has 1 unspecified atom stereocenters. The van der Waals surface area contributed by atoms with Gasteiger partial charge in [-0.25, -0.2) is 0 Å². The summed E-state index contributed by atoms with van der Waals surface area (Å²) in [7, 11) is 0. The number of aliphatic imine (C=N–C) groups is 1.